The molecule has 1 amide bonds. The Morgan fingerprint density at radius 3 is 2.32 bits per heavy atom. The quantitative estimate of drug-likeness (QED) is 0.729. The van der Waals surface area contributed by atoms with Crippen LogP contribution in [-0.2, 0) is 0 Å². The number of likely N-dealkylation sites (tertiary alicyclic amines) is 1. The van der Waals surface area contributed by atoms with Crippen LogP contribution in [0.15, 0.2) is 54.7 Å². The molecule has 3 aromatic rings. The van der Waals surface area contributed by atoms with Gasteiger partial charge in [-0.2, -0.15) is 5.10 Å². The molecule has 1 saturated heterocycles. The number of halogens is 1. The average molecular weight is 335 g/mol. The van der Waals surface area contributed by atoms with Gasteiger partial charge in [0.05, 0.1) is 11.3 Å². The lowest BCUT2D eigenvalue weighted by molar-refractivity contribution is 0.0652. The highest BCUT2D eigenvalue weighted by Crippen LogP contribution is 2.26. The zero-order valence-electron chi connectivity index (χ0n) is 13.9. The third kappa shape index (κ3) is 2.93. The van der Waals surface area contributed by atoms with E-state index in [1.165, 1.54) is 12.1 Å². The molecule has 0 radical (unpaired) electrons. The maximum absolute atomic E-state index is 13.2. The van der Waals surface area contributed by atoms with E-state index >= 15 is 0 Å². The number of carbonyl (C=O) groups excluding carboxylic acids is 1. The number of aromatic nitrogens is 2. The van der Waals surface area contributed by atoms with Crippen molar-refractivity contribution in [3.63, 3.8) is 0 Å². The van der Waals surface area contributed by atoms with Crippen LogP contribution < -0.4 is 0 Å². The van der Waals surface area contributed by atoms with Crippen molar-refractivity contribution in [3.8, 4) is 16.9 Å². The maximum atomic E-state index is 13.2. The third-order valence-electron chi connectivity index (χ3n) is 4.50. The Labute approximate surface area is 145 Å². The number of hydrogen-bond donors (Lipinski definition) is 0. The zero-order valence-corrected chi connectivity index (χ0v) is 13.9. The largest absolute Gasteiger partial charge is 0.338 e. The van der Waals surface area contributed by atoms with Crippen molar-refractivity contribution in [3.05, 3.63) is 71.7 Å². The van der Waals surface area contributed by atoms with Gasteiger partial charge in [0.15, 0.2) is 0 Å². The van der Waals surface area contributed by atoms with E-state index in [1.807, 2.05) is 36.1 Å². The molecule has 1 fully saturated rings. The van der Waals surface area contributed by atoms with Crippen molar-refractivity contribution in [2.75, 3.05) is 13.1 Å². The van der Waals surface area contributed by atoms with E-state index in [4.69, 9.17) is 0 Å². The summed E-state index contributed by atoms with van der Waals surface area (Å²) < 4.78 is 14.8. The van der Waals surface area contributed by atoms with Gasteiger partial charge < -0.3 is 4.90 Å². The van der Waals surface area contributed by atoms with E-state index in [9.17, 15) is 9.18 Å². The Balaban J connectivity index is 1.80. The van der Waals surface area contributed by atoms with Crippen molar-refractivity contribution in [2.24, 2.45) is 0 Å². The number of nitrogens with zero attached hydrogens (tertiary/aromatic N) is 3. The van der Waals surface area contributed by atoms with Crippen LogP contribution in [0.3, 0.4) is 0 Å². The monoisotopic (exact) mass is 335 g/mol. The normalized spacial score (nSPS) is 13.6. The van der Waals surface area contributed by atoms with E-state index in [2.05, 4.69) is 5.10 Å². The summed E-state index contributed by atoms with van der Waals surface area (Å²) in [5, 5.41) is 4.62. The lowest BCUT2D eigenvalue weighted by atomic mass is 10.0. The molecule has 0 unspecified atom stereocenters. The van der Waals surface area contributed by atoms with Crippen LogP contribution in [-0.4, -0.2) is 33.7 Å². The number of benzene rings is 2. The minimum atomic E-state index is -0.299. The smallest absolute Gasteiger partial charge is 0.257 e. The number of amides is 1. The Kier molecular flexibility index (Phi) is 3.84. The summed E-state index contributed by atoms with van der Waals surface area (Å²) in [6.07, 6.45) is 2.78. The molecule has 0 bridgehead atoms. The molecular formula is C20H18FN3O. The molecule has 1 aliphatic rings. The van der Waals surface area contributed by atoms with Gasteiger partial charge >= 0.3 is 0 Å². The summed E-state index contributed by atoms with van der Waals surface area (Å²) in [4.78, 5) is 14.6. The predicted octanol–water partition coefficient (Wildman–Crippen LogP) is 3.83. The fraction of sp³-hybridized carbons (Fsp3) is 0.200. The summed E-state index contributed by atoms with van der Waals surface area (Å²) in [6.45, 7) is 3.59. The van der Waals surface area contributed by atoms with Crippen LogP contribution in [0.5, 0.6) is 0 Å². The lowest BCUT2D eigenvalue weighted by Gasteiger charge is -2.30. The van der Waals surface area contributed by atoms with Gasteiger partial charge in [0.25, 0.3) is 5.91 Å². The predicted molar refractivity (Wildman–Crippen MR) is 94.2 cm³/mol. The van der Waals surface area contributed by atoms with Crippen molar-refractivity contribution >= 4 is 5.91 Å². The van der Waals surface area contributed by atoms with Crippen molar-refractivity contribution in [1.82, 2.24) is 14.7 Å². The molecule has 25 heavy (non-hydrogen) atoms. The van der Waals surface area contributed by atoms with Gasteiger partial charge in [-0.15, -0.1) is 0 Å². The molecule has 0 aliphatic carbocycles. The second-order valence-electron chi connectivity index (χ2n) is 6.32. The number of carbonyl (C=O) groups is 1. The van der Waals surface area contributed by atoms with Crippen molar-refractivity contribution in [2.45, 2.75) is 13.3 Å². The Hall–Kier alpha value is -2.95. The van der Waals surface area contributed by atoms with E-state index in [0.29, 0.717) is 11.3 Å². The number of rotatable bonds is 3. The van der Waals surface area contributed by atoms with Crippen LogP contribution in [0.2, 0.25) is 0 Å². The molecule has 126 valence electrons. The number of hydrogen-bond acceptors (Lipinski definition) is 2. The Bertz CT molecular complexity index is 909. The summed E-state index contributed by atoms with van der Waals surface area (Å²) in [5.74, 6) is -0.304. The minimum absolute atomic E-state index is 0.00446. The van der Waals surface area contributed by atoms with Crippen LogP contribution in [0, 0.1) is 12.7 Å². The first-order valence-electron chi connectivity index (χ1n) is 8.34. The van der Waals surface area contributed by atoms with Gasteiger partial charge in [-0.3, -0.25) is 4.79 Å². The van der Waals surface area contributed by atoms with Crippen molar-refractivity contribution < 1.29 is 9.18 Å². The van der Waals surface area contributed by atoms with Gasteiger partial charge in [0, 0.05) is 24.8 Å². The molecule has 5 heteroatoms. The molecule has 1 aromatic heterocycles. The van der Waals surface area contributed by atoms with E-state index in [-0.39, 0.29) is 11.7 Å². The SMILES string of the molecule is Cc1ccc(-c2nn(-c3ccc(F)cc3)cc2C(=O)N2CCC2)cc1. The lowest BCUT2D eigenvalue weighted by Crippen LogP contribution is -2.42. The van der Waals surface area contributed by atoms with Crippen LogP contribution >= 0.6 is 0 Å². The van der Waals surface area contributed by atoms with Crippen molar-refractivity contribution in [1.29, 1.82) is 0 Å². The first-order valence-corrected chi connectivity index (χ1v) is 8.34. The van der Waals surface area contributed by atoms with Crippen LogP contribution in [0.25, 0.3) is 16.9 Å². The topological polar surface area (TPSA) is 38.1 Å². The van der Waals surface area contributed by atoms with Gasteiger partial charge in [-0.1, -0.05) is 29.8 Å². The Morgan fingerprint density at radius 2 is 1.72 bits per heavy atom. The first kappa shape index (κ1) is 15.6. The second-order valence-corrected chi connectivity index (χ2v) is 6.32. The molecule has 2 heterocycles. The van der Waals surface area contributed by atoms with Crippen LogP contribution in [0.1, 0.15) is 22.3 Å². The molecule has 2 aromatic carbocycles. The highest BCUT2D eigenvalue weighted by atomic mass is 19.1. The highest BCUT2D eigenvalue weighted by molar-refractivity contribution is 6.00. The van der Waals surface area contributed by atoms with Gasteiger partial charge in [-0.05, 0) is 37.6 Å². The summed E-state index contributed by atoms with van der Waals surface area (Å²) in [6, 6.07) is 14.0. The van der Waals surface area contributed by atoms with E-state index < -0.39 is 0 Å². The summed E-state index contributed by atoms with van der Waals surface area (Å²) >= 11 is 0. The molecule has 0 spiro atoms. The van der Waals surface area contributed by atoms with Gasteiger partial charge in [0.1, 0.15) is 11.5 Å². The second kappa shape index (κ2) is 6.16. The fourth-order valence-electron chi connectivity index (χ4n) is 2.87. The van der Waals surface area contributed by atoms with E-state index in [1.54, 1.807) is 23.0 Å². The molecule has 0 atom stereocenters. The van der Waals surface area contributed by atoms with Gasteiger partial charge in [0.2, 0.25) is 0 Å². The highest BCUT2D eigenvalue weighted by Gasteiger charge is 2.26. The standard InChI is InChI=1S/C20H18FN3O/c1-14-3-5-15(6-4-14)19-18(20(25)23-11-2-12-23)13-24(22-19)17-9-7-16(21)8-10-17/h3-10,13H,2,11-12H2,1H3. The van der Waals surface area contributed by atoms with Gasteiger partial charge in [-0.25, -0.2) is 9.07 Å². The average Bonchev–Trinajstić information content (AvgIpc) is 3.00. The molecule has 0 saturated carbocycles. The van der Waals surface area contributed by atoms with Crippen LogP contribution in [0.4, 0.5) is 4.39 Å². The van der Waals surface area contributed by atoms with E-state index in [0.717, 1.165) is 36.3 Å². The molecule has 4 rings (SSSR count). The first-order chi connectivity index (χ1) is 12.1. The fourth-order valence-corrected chi connectivity index (χ4v) is 2.87. The summed E-state index contributed by atoms with van der Waals surface area (Å²) in [7, 11) is 0. The molecule has 0 N–H and O–H groups in total. The zero-order chi connectivity index (χ0) is 17.4. The molecule has 4 nitrogen and oxygen atoms in total. The maximum Gasteiger partial charge on any atom is 0.257 e. The Morgan fingerprint density at radius 1 is 1.04 bits per heavy atom. The molecular weight excluding hydrogens is 317 g/mol. The minimum Gasteiger partial charge on any atom is -0.338 e. The third-order valence-corrected chi connectivity index (χ3v) is 4.50. The summed E-state index contributed by atoms with van der Waals surface area (Å²) in [5.41, 5.74) is 4.00. The molecule has 1 aliphatic heterocycles. The number of aryl methyl sites for hydroxylation is 1.